The molecule has 1 aliphatic rings. The molecule has 0 bridgehead atoms. The molecular formula is C23H27N3O. The van der Waals surface area contributed by atoms with Gasteiger partial charge < -0.3 is 4.90 Å². The van der Waals surface area contributed by atoms with Crippen molar-refractivity contribution in [3.8, 4) is 0 Å². The summed E-state index contributed by atoms with van der Waals surface area (Å²) < 4.78 is 0. The van der Waals surface area contributed by atoms with E-state index < -0.39 is 0 Å². The van der Waals surface area contributed by atoms with Crippen molar-refractivity contribution in [3.63, 3.8) is 0 Å². The van der Waals surface area contributed by atoms with Gasteiger partial charge in [-0.15, -0.1) is 0 Å². The number of nitrogens with one attached hydrogen (secondary N) is 1. The molecule has 0 aromatic heterocycles. The van der Waals surface area contributed by atoms with E-state index in [1.54, 1.807) is 18.3 Å². The minimum Gasteiger partial charge on any atom is -0.363 e. The maximum atomic E-state index is 12.1. The summed E-state index contributed by atoms with van der Waals surface area (Å²) in [4.78, 5) is 14.5. The Morgan fingerprint density at radius 1 is 1.19 bits per heavy atom. The minimum absolute atomic E-state index is 0.00244. The largest absolute Gasteiger partial charge is 0.363 e. The normalized spacial score (nSPS) is 15.4. The highest BCUT2D eigenvalue weighted by atomic mass is 16.2. The molecule has 3 rings (SSSR count). The lowest BCUT2D eigenvalue weighted by Gasteiger charge is -2.43. The van der Waals surface area contributed by atoms with E-state index in [1.165, 1.54) is 16.8 Å². The molecular weight excluding hydrogens is 334 g/mol. The van der Waals surface area contributed by atoms with Gasteiger partial charge in [0.25, 0.3) is 5.91 Å². The summed E-state index contributed by atoms with van der Waals surface area (Å²) in [6, 6.07) is 13.5. The molecule has 2 aromatic carbocycles. The summed E-state index contributed by atoms with van der Waals surface area (Å²) in [6.07, 6.45) is 4.03. The number of hydrogen-bond donors (Lipinski definition) is 1. The third-order valence-corrected chi connectivity index (χ3v) is 5.09. The van der Waals surface area contributed by atoms with Crippen molar-refractivity contribution < 1.29 is 4.79 Å². The molecule has 0 aliphatic carbocycles. The van der Waals surface area contributed by atoms with Crippen molar-refractivity contribution in [2.45, 2.75) is 40.2 Å². The number of hydrazone groups is 1. The fourth-order valence-corrected chi connectivity index (χ4v) is 3.78. The quantitative estimate of drug-likeness (QED) is 0.629. The predicted octanol–water partition coefficient (Wildman–Crippen LogP) is 4.78. The monoisotopic (exact) mass is 361 g/mol. The van der Waals surface area contributed by atoms with Gasteiger partial charge in [0.15, 0.2) is 0 Å². The van der Waals surface area contributed by atoms with E-state index in [0.29, 0.717) is 5.56 Å². The summed E-state index contributed by atoms with van der Waals surface area (Å²) in [5, 5.41) is 4.16. The second kappa shape index (κ2) is 7.39. The van der Waals surface area contributed by atoms with Crippen LogP contribution in [-0.2, 0) is 0 Å². The number of benzene rings is 2. The molecule has 1 aliphatic heterocycles. The number of carbonyl (C=O) groups excluding carboxylic acids is 1. The molecule has 1 amide bonds. The van der Waals surface area contributed by atoms with Crippen LogP contribution in [-0.4, -0.2) is 24.2 Å². The Balaban J connectivity index is 1.86. The Morgan fingerprint density at radius 2 is 1.89 bits per heavy atom. The van der Waals surface area contributed by atoms with Crippen molar-refractivity contribution in [3.05, 3.63) is 70.8 Å². The molecule has 0 spiro atoms. The lowest BCUT2D eigenvalue weighted by Crippen LogP contribution is -2.45. The summed E-state index contributed by atoms with van der Waals surface area (Å²) in [5.74, 6) is -0.211. The number of anilines is 1. The van der Waals surface area contributed by atoms with E-state index in [2.05, 4.69) is 68.3 Å². The van der Waals surface area contributed by atoms with Gasteiger partial charge in [-0.1, -0.05) is 24.3 Å². The summed E-state index contributed by atoms with van der Waals surface area (Å²) in [7, 11) is 0. The zero-order valence-corrected chi connectivity index (χ0v) is 16.7. The Kier molecular flexibility index (Phi) is 5.17. The highest BCUT2D eigenvalue weighted by Gasteiger charge is 2.30. The van der Waals surface area contributed by atoms with Gasteiger partial charge >= 0.3 is 0 Å². The highest BCUT2D eigenvalue weighted by Crippen LogP contribution is 2.39. The molecule has 4 heteroatoms. The molecule has 0 radical (unpaired) electrons. The Morgan fingerprint density at radius 3 is 2.56 bits per heavy atom. The lowest BCUT2D eigenvalue weighted by molar-refractivity contribution is 0.0955. The van der Waals surface area contributed by atoms with Crippen LogP contribution in [0.25, 0.3) is 5.57 Å². The first-order chi connectivity index (χ1) is 12.8. The Labute approximate surface area is 161 Å². The number of nitrogens with zero attached hydrogens (tertiary/aromatic N) is 2. The Hall–Kier alpha value is -2.88. The minimum atomic E-state index is -0.211. The molecule has 27 heavy (non-hydrogen) atoms. The van der Waals surface area contributed by atoms with Gasteiger partial charge in [0, 0.05) is 23.4 Å². The standard InChI is InChI=1S/C23H27N3O/c1-6-26-21-12-16(2)19(13-20(21)17(3)14-23(26,4)5)15-24-25-22(27)18-10-8-7-9-11-18/h7-15H,6H2,1-5H3,(H,25,27)/b24-15+. The number of fused-ring (bicyclic) bond motifs is 1. The molecule has 0 saturated heterocycles. The maximum Gasteiger partial charge on any atom is 0.271 e. The lowest BCUT2D eigenvalue weighted by atomic mass is 9.87. The average molecular weight is 361 g/mol. The topological polar surface area (TPSA) is 44.7 Å². The first-order valence-corrected chi connectivity index (χ1v) is 9.34. The summed E-state index contributed by atoms with van der Waals surface area (Å²) >= 11 is 0. The van der Waals surface area contributed by atoms with E-state index in [9.17, 15) is 4.79 Å². The van der Waals surface area contributed by atoms with Gasteiger partial charge in [0.1, 0.15) is 0 Å². The second-order valence-corrected chi connectivity index (χ2v) is 7.52. The van der Waals surface area contributed by atoms with E-state index >= 15 is 0 Å². The fourth-order valence-electron chi connectivity index (χ4n) is 3.78. The molecule has 0 atom stereocenters. The number of carbonyl (C=O) groups is 1. The van der Waals surface area contributed by atoms with Crippen molar-refractivity contribution in [2.24, 2.45) is 5.10 Å². The second-order valence-electron chi connectivity index (χ2n) is 7.52. The molecule has 1 heterocycles. The van der Waals surface area contributed by atoms with Crippen LogP contribution in [0.2, 0.25) is 0 Å². The number of allylic oxidation sites excluding steroid dienone is 1. The molecule has 1 N–H and O–H groups in total. The smallest absolute Gasteiger partial charge is 0.271 e. The van der Waals surface area contributed by atoms with Crippen LogP contribution in [0.3, 0.4) is 0 Å². The number of amides is 1. The maximum absolute atomic E-state index is 12.1. The zero-order valence-electron chi connectivity index (χ0n) is 16.7. The van der Waals surface area contributed by atoms with Crippen molar-refractivity contribution in [2.75, 3.05) is 11.4 Å². The predicted molar refractivity (Wildman–Crippen MR) is 113 cm³/mol. The average Bonchev–Trinajstić information content (AvgIpc) is 2.63. The van der Waals surface area contributed by atoms with Gasteiger partial charge in [-0.05, 0) is 75.6 Å². The van der Waals surface area contributed by atoms with E-state index in [-0.39, 0.29) is 11.4 Å². The van der Waals surface area contributed by atoms with Crippen LogP contribution in [0.1, 0.15) is 54.7 Å². The molecule has 0 unspecified atom stereocenters. The SMILES string of the molecule is CCN1c2cc(C)c(/C=N/NC(=O)c3ccccc3)cc2C(C)=CC1(C)C. The molecule has 2 aromatic rings. The van der Waals surface area contributed by atoms with Crippen LogP contribution in [0.5, 0.6) is 0 Å². The van der Waals surface area contributed by atoms with E-state index in [4.69, 9.17) is 0 Å². The number of likely N-dealkylation sites (N-methyl/N-ethyl adjacent to an activating group) is 1. The van der Waals surface area contributed by atoms with Gasteiger partial charge in [-0.2, -0.15) is 5.10 Å². The third kappa shape index (κ3) is 3.80. The van der Waals surface area contributed by atoms with E-state index in [0.717, 1.165) is 17.7 Å². The first-order valence-electron chi connectivity index (χ1n) is 9.34. The van der Waals surface area contributed by atoms with Crippen LogP contribution >= 0.6 is 0 Å². The zero-order chi connectivity index (χ0) is 19.6. The van der Waals surface area contributed by atoms with Crippen LogP contribution in [0.4, 0.5) is 5.69 Å². The van der Waals surface area contributed by atoms with Gasteiger partial charge in [-0.3, -0.25) is 4.79 Å². The summed E-state index contributed by atoms with van der Waals surface area (Å²) in [5.41, 5.74) is 9.08. The van der Waals surface area contributed by atoms with Gasteiger partial charge in [-0.25, -0.2) is 5.43 Å². The number of hydrogen-bond acceptors (Lipinski definition) is 3. The first kappa shape index (κ1) is 18.9. The number of rotatable bonds is 4. The van der Waals surface area contributed by atoms with Gasteiger partial charge in [0.05, 0.1) is 11.8 Å². The van der Waals surface area contributed by atoms with Gasteiger partial charge in [0.2, 0.25) is 0 Å². The molecule has 0 saturated carbocycles. The molecule has 0 fully saturated rings. The highest BCUT2D eigenvalue weighted by molar-refractivity contribution is 5.95. The van der Waals surface area contributed by atoms with Crippen LogP contribution < -0.4 is 10.3 Å². The summed E-state index contributed by atoms with van der Waals surface area (Å²) in [6.45, 7) is 11.9. The third-order valence-electron chi connectivity index (χ3n) is 5.09. The van der Waals surface area contributed by atoms with Crippen molar-refractivity contribution >= 4 is 23.4 Å². The fraction of sp³-hybridized carbons (Fsp3) is 0.304. The van der Waals surface area contributed by atoms with E-state index in [1.807, 2.05) is 18.2 Å². The number of aryl methyl sites for hydroxylation is 1. The molecule has 140 valence electrons. The molecule has 4 nitrogen and oxygen atoms in total. The van der Waals surface area contributed by atoms with Crippen LogP contribution in [0, 0.1) is 6.92 Å². The van der Waals surface area contributed by atoms with Crippen molar-refractivity contribution in [1.29, 1.82) is 0 Å². The Bertz CT molecular complexity index is 911. The van der Waals surface area contributed by atoms with Crippen LogP contribution in [0.15, 0.2) is 53.6 Å². The van der Waals surface area contributed by atoms with Crippen molar-refractivity contribution in [1.82, 2.24) is 5.43 Å².